The lowest BCUT2D eigenvalue weighted by molar-refractivity contribution is -0.169. The average molecular weight is 316 g/mol. The van der Waals surface area contributed by atoms with Crippen molar-refractivity contribution in [2.45, 2.75) is 32.8 Å². The van der Waals surface area contributed by atoms with Crippen molar-refractivity contribution >= 4 is 23.5 Å². The molecular formula is C14H18ClNO5. The van der Waals surface area contributed by atoms with E-state index in [4.69, 9.17) is 22.2 Å². The second-order valence-electron chi connectivity index (χ2n) is 5.50. The predicted octanol–water partition coefficient (Wildman–Crippen LogP) is 1.96. The maximum atomic E-state index is 12.1. The first-order chi connectivity index (χ1) is 9.64. The first kappa shape index (κ1) is 17.3. The van der Waals surface area contributed by atoms with E-state index in [0.717, 1.165) is 0 Å². The summed E-state index contributed by atoms with van der Waals surface area (Å²) in [6.45, 7) is 5.05. The third kappa shape index (κ3) is 5.24. The number of halogens is 1. The van der Waals surface area contributed by atoms with Gasteiger partial charge in [-0.3, -0.25) is 4.79 Å². The molecule has 0 aliphatic rings. The van der Waals surface area contributed by atoms with Gasteiger partial charge in [0.05, 0.1) is 0 Å². The Morgan fingerprint density at radius 2 is 1.95 bits per heavy atom. The molecule has 1 unspecified atom stereocenters. The number of phenols is 1. The number of phenolic OH excluding ortho intramolecular Hbond substituents is 1. The zero-order chi connectivity index (χ0) is 16.2. The summed E-state index contributed by atoms with van der Waals surface area (Å²) in [5, 5.41) is 9.53. The molecule has 0 heterocycles. The van der Waals surface area contributed by atoms with Crippen LogP contribution in [0, 0.1) is 5.92 Å². The van der Waals surface area contributed by atoms with Crippen LogP contribution in [0.2, 0.25) is 5.02 Å². The third-order valence-corrected chi connectivity index (χ3v) is 2.90. The molecule has 0 radical (unpaired) electrons. The summed E-state index contributed by atoms with van der Waals surface area (Å²) in [6.07, 6.45) is -0.0376. The van der Waals surface area contributed by atoms with Gasteiger partial charge in [-0.1, -0.05) is 17.7 Å². The van der Waals surface area contributed by atoms with E-state index in [0.29, 0.717) is 5.56 Å². The molecule has 0 saturated heterocycles. The minimum Gasteiger partial charge on any atom is -0.508 e. The number of ether oxygens (including phenoxy) is 1. The molecule has 1 rings (SSSR count). The first-order valence-corrected chi connectivity index (χ1v) is 6.62. The zero-order valence-corrected chi connectivity index (χ0v) is 12.8. The minimum absolute atomic E-state index is 0.0148. The van der Waals surface area contributed by atoms with Crippen LogP contribution in [0.3, 0.4) is 0 Å². The highest BCUT2D eigenvalue weighted by Crippen LogP contribution is 2.25. The van der Waals surface area contributed by atoms with E-state index in [1.54, 1.807) is 20.8 Å². The van der Waals surface area contributed by atoms with Crippen molar-refractivity contribution in [1.82, 2.24) is 0 Å². The number of benzene rings is 1. The number of carbonyl (C=O) groups excluding carboxylic acids is 2. The second kappa shape index (κ2) is 6.78. The third-order valence-electron chi connectivity index (χ3n) is 2.55. The number of aromatic hydroxyl groups is 1. The Morgan fingerprint density at radius 3 is 2.43 bits per heavy atom. The number of nitrogens with two attached hydrogens (primary N) is 1. The Labute approximate surface area is 127 Å². The van der Waals surface area contributed by atoms with Gasteiger partial charge in [-0.05, 0) is 44.9 Å². The lowest BCUT2D eigenvalue weighted by Gasteiger charge is -2.23. The molecule has 0 spiro atoms. The van der Waals surface area contributed by atoms with Gasteiger partial charge < -0.3 is 14.7 Å². The molecule has 0 aliphatic carbocycles. The SMILES string of the molecule is CC(C)(C)OC(=O)C(Cc1ccc(O)cc1Cl)C(=O)ON. The lowest BCUT2D eigenvalue weighted by Crippen LogP contribution is -2.36. The number of hydrogen-bond donors (Lipinski definition) is 2. The van der Waals surface area contributed by atoms with Crippen LogP contribution in [0.5, 0.6) is 5.75 Å². The second-order valence-corrected chi connectivity index (χ2v) is 5.91. The molecule has 1 aromatic carbocycles. The van der Waals surface area contributed by atoms with E-state index in [2.05, 4.69) is 4.84 Å². The summed E-state index contributed by atoms with van der Waals surface area (Å²) >= 11 is 5.96. The highest BCUT2D eigenvalue weighted by atomic mass is 35.5. The predicted molar refractivity (Wildman–Crippen MR) is 76.4 cm³/mol. The van der Waals surface area contributed by atoms with Gasteiger partial charge in [-0.15, -0.1) is 0 Å². The van der Waals surface area contributed by atoms with Crippen LogP contribution >= 0.6 is 11.6 Å². The molecule has 0 bridgehead atoms. The van der Waals surface area contributed by atoms with Gasteiger partial charge in [0.2, 0.25) is 0 Å². The van der Waals surface area contributed by atoms with E-state index in [9.17, 15) is 14.7 Å². The van der Waals surface area contributed by atoms with Gasteiger partial charge >= 0.3 is 11.9 Å². The first-order valence-electron chi connectivity index (χ1n) is 6.25. The normalized spacial score (nSPS) is 12.6. The highest BCUT2D eigenvalue weighted by Gasteiger charge is 2.33. The van der Waals surface area contributed by atoms with Crippen LogP contribution < -0.4 is 5.90 Å². The van der Waals surface area contributed by atoms with E-state index in [-0.39, 0.29) is 17.2 Å². The van der Waals surface area contributed by atoms with Crippen molar-refractivity contribution < 1.29 is 24.3 Å². The Hall–Kier alpha value is -1.79. The molecule has 1 atom stereocenters. The average Bonchev–Trinajstić information content (AvgIpc) is 2.34. The van der Waals surface area contributed by atoms with Crippen molar-refractivity contribution in [3.63, 3.8) is 0 Å². The maximum absolute atomic E-state index is 12.1. The van der Waals surface area contributed by atoms with Crippen LogP contribution in [-0.2, 0) is 25.6 Å². The van der Waals surface area contributed by atoms with E-state index in [1.165, 1.54) is 18.2 Å². The van der Waals surface area contributed by atoms with Crippen LogP contribution in [0.25, 0.3) is 0 Å². The molecule has 0 aliphatic heterocycles. The fourth-order valence-corrected chi connectivity index (χ4v) is 1.89. The van der Waals surface area contributed by atoms with Crippen molar-refractivity contribution in [2.24, 2.45) is 11.8 Å². The van der Waals surface area contributed by atoms with Crippen LogP contribution in [-0.4, -0.2) is 22.6 Å². The number of hydrogen-bond acceptors (Lipinski definition) is 6. The monoisotopic (exact) mass is 315 g/mol. The molecule has 0 amide bonds. The van der Waals surface area contributed by atoms with Crippen LogP contribution in [0.4, 0.5) is 0 Å². The van der Waals surface area contributed by atoms with Gasteiger partial charge in [0.1, 0.15) is 11.4 Å². The smallest absolute Gasteiger partial charge is 0.339 e. The molecule has 6 nitrogen and oxygen atoms in total. The molecule has 3 N–H and O–H groups in total. The Bertz CT molecular complexity index is 539. The number of esters is 1. The van der Waals surface area contributed by atoms with Gasteiger partial charge in [-0.2, -0.15) is 5.90 Å². The summed E-state index contributed by atoms with van der Waals surface area (Å²) in [5.41, 5.74) is -0.251. The van der Waals surface area contributed by atoms with E-state index < -0.39 is 23.5 Å². The summed E-state index contributed by atoms with van der Waals surface area (Å²) in [5.74, 6) is 1.96. The summed E-state index contributed by atoms with van der Waals surface area (Å²) < 4.78 is 5.17. The van der Waals surface area contributed by atoms with Gasteiger partial charge in [0, 0.05) is 5.02 Å². The standard InChI is InChI=1S/C14H18ClNO5/c1-14(2,3)20-12(18)10(13(19)21-16)6-8-4-5-9(17)7-11(8)15/h4-5,7,10,17H,6,16H2,1-3H3. The van der Waals surface area contributed by atoms with Crippen molar-refractivity contribution in [1.29, 1.82) is 0 Å². The quantitative estimate of drug-likeness (QED) is 0.500. The van der Waals surface area contributed by atoms with Gasteiger partial charge in [0.25, 0.3) is 0 Å². The molecule has 21 heavy (non-hydrogen) atoms. The van der Waals surface area contributed by atoms with Crippen LogP contribution in [0.1, 0.15) is 26.3 Å². The summed E-state index contributed by atoms with van der Waals surface area (Å²) in [4.78, 5) is 27.9. The van der Waals surface area contributed by atoms with E-state index in [1.807, 2.05) is 0 Å². The Kier molecular flexibility index (Phi) is 5.57. The maximum Gasteiger partial charge on any atom is 0.339 e. The molecular weight excluding hydrogens is 298 g/mol. The molecule has 0 saturated carbocycles. The minimum atomic E-state index is -1.23. The van der Waals surface area contributed by atoms with Crippen molar-refractivity contribution in [2.75, 3.05) is 0 Å². The Morgan fingerprint density at radius 1 is 1.33 bits per heavy atom. The Balaban J connectivity index is 2.98. The summed E-state index contributed by atoms with van der Waals surface area (Å²) in [6, 6.07) is 4.23. The lowest BCUT2D eigenvalue weighted by atomic mass is 9.99. The molecule has 0 fully saturated rings. The molecule has 1 aromatic rings. The van der Waals surface area contributed by atoms with E-state index >= 15 is 0 Å². The molecule has 7 heteroatoms. The molecule has 116 valence electrons. The zero-order valence-electron chi connectivity index (χ0n) is 12.1. The van der Waals surface area contributed by atoms with Crippen molar-refractivity contribution in [3.8, 4) is 5.75 Å². The highest BCUT2D eigenvalue weighted by molar-refractivity contribution is 6.31. The van der Waals surface area contributed by atoms with Gasteiger partial charge in [0.15, 0.2) is 5.92 Å². The van der Waals surface area contributed by atoms with Crippen LogP contribution in [0.15, 0.2) is 18.2 Å². The van der Waals surface area contributed by atoms with Crippen molar-refractivity contribution in [3.05, 3.63) is 28.8 Å². The fraction of sp³-hybridized carbons (Fsp3) is 0.429. The number of carbonyl (C=O) groups is 2. The topological polar surface area (TPSA) is 98.8 Å². The fourth-order valence-electron chi connectivity index (χ4n) is 1.64. The molecule has 0 aromatic heterocycles. The largest absolute Gasteiger partial charge is 0.508 e. The number of rotatable bonds is 4. The van der Waals surface area contributed by atoms with Gasteiger partial charge in [-0.25, -0.2) is 4.79 Å². The summed E-state index contributed by atoms with van der Waals surface area (Å²) in [7, 11) is 0.